The van der Waals surface area contributed by atoms with Crippen LogP contribution in [-0.2, 0) is 0 Å². The zero-order chi connectivity index (χ0) is 15.2. The minimum absolute atomic E-state index is 0.146. The molecular formula is C16H26N2O2. The molecule has 0 aromatic heterocycles. The van der Waals surface area contributed by atoms with Gasteiger partial charge in [-0.05, 0) is 30.4 Å². The highest BCUT2D eigenvalue weighted by Gasteiger charge is 2.20. The molecule has 4 heteroatoms. The lowest BCUT2D eigenvalue weighted by Crippen LogP contribution is -2.23. The monoisotopic (exact) mass is 278 g/mol. The lowest BCUT2D eigenvalue weighted by atomic mass is 9.87. The molecule has 0 aliphatic heterocycles. The van der Waals surface area contributed by atoms with Gasteiger partial charge in [0.2, 0.25) is 0 Å². The van der Waals surface area contributed by atoms with E-state index in [-0.39, 0.29) is 16.0 Å². The predicted molar refractivity (Wildman–Crippen MR) is 84.2 cm³/mol. The van der Waals surface area contributed by atoms with Gasteiger partial charge in [0.15, 0.2) is 0 Å². The number of unbranched alkanes of at least 4 members (excludes halogenated alkanes) is 2. The number of nitrogens with zero attached hydrogens (tertiary/aromatic N) is 1. The Morgan fingerprint density at radius 1 is 1.30 bits per heavy atom. The van der Waals surface area contributed by atoms with Crippen LogP contribution in [-0.4, -0.2) is 11.5 Å². The van der Waals surface area contributed by atoms with E-state index in [4.69, 9.17) is 0 Å². The molecule has 0 saturated heterocycles. The van der Waals surface area contributed by atoms with Crippen LogP contribution in [0.5, 0.6) is 0 Å². The second-order valence-electron chi connectivity index (χ2n) is 6.25. The number of hydrogen-bond acceptors (Lipinski definition) is 3. The van der Waals surface area contributed by atoms with E-state index in [1.54, 1.807) is 12.1 Å². The molecule has 0 aliphatic carbocycles. The second kappa shape index (κ2) is 7.27. The van der Waals surface area contributed by atoms with E-state index in [1.165, 1.54) is 19.3 Å². The highest BCUT2D eigenvalue weighted by atomic mass is 16.6. The Morgan fingerprint density at radius 2 is 2.00 bits per heavy atom. The molecule has 0 unspecified atom stereocenters. The second-order valence-corrected chi connectivity index (χ2v) is 6.25. The van der Waals surface area contributed by atoms with Crippen LogP contribution in [0.25, 0.3) is 0 Å². The van der Waals surface area contributed by atoms with E-state index in [0.29, 0.717) is 5.69 Å². The standard InChI is InChI=1S/C16H26N2O2/c1-5-6-7-10-16(3,4)12-17-14-11-13(2)8-9-15(14)18(19)20/h8-9,11,17H,5-7,10,12H2,1-4H3. The van der Waals surface area contributed by atoms with E-state index in [9.17, 15) is 10.1 Å². The highest BCUT2D eigenvalue weighted by Crippen LogP contribution is 2.29. The van der Waals surface area contributed by atoms with E-state index in [0.717, 1.165) is 18.5 Å². The summed E-state index contributed by atoms with van der Waals surface area (Å²) in [6, 6.07) is 5.19. The van der Waals surface area contributed by atoms with Gasteiger partial charge in [-0.25, -0.2) is 0 Å². The molecule has 1 rings (SSSR count). The fourth-order valence-electron chi connectivity index (χ4n) is 2.23. The van der Waals surface area contributed by atoms with Gasteiger partial charge in [-0.2, -0.15) is 0 Å². The molecule has 0 fully saturated rings. The summed E-state index contributed by atoms with van der Waals surface area (Å²) in [4.78, 5) is 10.7. The summed E-state index contributed by atoms with van der Waals surface area (Å²) >= 11 is 0. The fourth-order valence-corrected chi connectivity index (χ4v) is 2.23. The molecule has 0 bridgehead atoms. The molecule has 0 saturated carbocycles. The topological polar surface area (TPSA) is 55.2 Å². The number of hydrogen-bond donors (Lipinski definition) is 1. The minimum atomic E-state index is -0.328. The molecule has 0 atom stereocenters. The average Bonchev–Trinajstić information content (AvgIpc) is 2.36. The van der Waals surface area contributed by atoms with Crippen molar-refractivity contribution in [3.8, 4) is 0 Å². The molecule has 0 spiro atoms. The summed E-state index contributed by atoms with van der Waals surface area (Å²) in [5, 5.41) is 14.3. The molecule has 20 heavy (non-hydrogen) atoms. The Kier molecular flexibility index (Phi) is 5.99. The lowest BCUT2D eigenvalue weighted by Gasteiger charge is -2.25. The maximum atomic E-state index is 11.0. The van der Waals surface area contributed by atoms with Gasteiger partial charge in [0, 0.05) is 12.6 Å². The normalized spacial score (nSPS) is 11.4. The zero-order valence-electron chi connectivity index (χ0n) is 13.0. The first-order valence-electron chi connectivity index (χ1n) is 7.34. The molecule has 0 amide bonds. The average molecular weight is 278 g/mol. The van der Waals surface area contributed by atoms with E-state index in [2.05, 4.69) is 26.1 Å². The van der Waals surface area contributed by atoms with Crippen molar-refractivity contribution in [2.75, 3.05) is 11.9 Å². The van der Waals surface area contributed by atoms with Crippen LogP contribution < -0.4 is 5.32 Å². The molecule has 1 aromatic carbocycles. The Bertz CT molecular complexity index is 456. The SMILES string of the molecule is CCCCCC(C)(C)CNc1cc(C)ccc1[N+](=O)[O-]. The van der Waals surface area contributed by atoms with Gasteiger partial charge in [0.1, 0.15) is 5.69 Å². The first-order valence-corrected chi connectivity index (χ1v) is 7.34. The van der Waals surface area contributed by atoms with Gasteiger partial charge >= 0.3 is 0 Å². The van der Waals surface area contributed by atoms with Crippen LogP contribution in [0.2, 0.25) is 0 Å². The Labute approximate surface area is 121 Å². The summed E-state index contributed by atoms with van der Waals surface area (Å²) in [6.45, 7) is 9.30. The number of nitrogens with one attached hydrogen (secondary N) is 1. The number of rotatable bonds is 8. The smallest absolute Gasteiger partial charge is 0.292 e. The van der Waals surface area contributed by atoms with Crippen LogP contribution in [0.15, 0.2) is 18.2 Å². The Morgan fingerprint density at radius 3 is 2.60 bits per heavy atom. The van der Waals surface area contributed by atoms with Gasteiger partial charge in [-0.15, -0.1) is 0 Å². The number of nitro benzene ring substituents is 1. The van der Waals surface area contributed by atoms with Crippen molar-refractivity contribution in [2.24, 2.45) is 5.41 Å². The zero-order valence-corrected chi connectivity index (χ0v) is 13.0. The number of nitro groups is 1. The molecule has 0 radical (unpaired) electrons. The van der Waals surface area contributed by atoms with Gasteiger partial charge in [-0.3, -0.25) is 10.1 Å². The van der Waals surface area contributed by atoms with Crippen molar-refractivity contribution in [3.63, 3.8) is 0 Å². The van der Waals surface area contributed by atoms with Crippen molar-refractivity contribution < 1.29 is 4.92 Å². The molecule has 0 aliphatic rings. The number of aryl methyl sites for hydroxylation is 1. The molecular weight excluding hydrogens is 252 g/mol. The van der Waals surface area contributed by atoms with E-state index < -0.39 is 0 Å². The highest BCUT2D eigenvalue weighted by molar-refractivity contribution is 5.62. The first-order chi connectivity index (χ1) is 9.35. The minimum Gasteiger partial charge on any atom is -0.379 e. The van der Waals surface area contributed by atoms with Crippen LogP contribution in [0.4, 0.5) is 11.4 Å². The summed E-state index contributed by atoms with van der Waals surface area (Å²) in [6.07, 6.45) is 4.80. The van der Waals surface area contributed by atoms with Crippen molar-refractivity contribution in [1.29, 1.82) is 0 Å². The van der Waals surface area contributed by atoms with Gasteiger partial charge in [0.25, 0.3) is 5.69 Å². The molecule has 0 heterocycles. The molecule has 1 N–H and O–H groups in total. The van der Waals surface area contributed by atoms with Crippen molar-refractivity contribution >= 4 is 11.4 Å². The predicted octanol–water partition coefficient (Wildman–Crippen LogP) is 4.92. The molecule has 112 valence electrons. The third-order valence-electron chi connectivity index (χ3n) is 3.56. The number of anilines is 1. The van der Waals surface area contributed by atoms with Crippen molar-refractivity contribution in [2.45, 2.75) is 53.4 Å². The number of benzene rings is 1. The van der Waals surface area contributed by atoms with Crippen LogP contribution in [0.1, 0.15) is 52.0 Å². The maximum Gasteiger partial charge on any atom is 0.292 e. The summed E-state index contributed by atoms with van der Waals surface area (Å²) < 4.78 is 0. The maximum absolute atomic E-state index is 11.0. The largest absolute Gasteiger partial charge is 0.379 e. The van der Waals surface area contributed by atoms with E-state index in [1.807, 2.05) is 13.0 Å². The third kappa shape index (κ3) is 5.19. The quantitative estimate of drug-likeness (QED) is 0.417. The van der Waals surface area contributed by atoms with Gasteiger partial charge < -0.3 is 5.32 Å². The summed E-state index contributed by atoms with van der Waals surface area (Å²) in [7, 11) is 0. The third-order valence-corrected chi connectivity index (χ3v) is 3.56. The molecule has 4 nitrogen and oxygen atoms in total. The van der Waals surface area contributed by atoms with Crippen LogP contribution >= 0.6 is 0 Å². The van der Waals surface area contributed by atoms with Crippen LogP contribution in [0, 0.1) is 22.5 Å². The molecule has 1 aromatic rings. The fraction of sp³-hybridized carbons (Fsp3) is 0.625. The van der Waals surface area contributed by atoms with Gasteiger partial charge in [-0.1, -0.05) is 46.1 Å². The van der Waals surface area contributed by atoms with Crippen molar-refractivity contribution in [1.82, 2.24) is 0 Å². The van der Waals surface area contributed by atoms with Crippen LogP contribution in [0.3, 0.4) is 0 Å². The van der Waals surface area contributed by atoms with Gasteiger partial charge in [0.05, 0.1) is 4.92 Å². The van der Waals surface area contributed by atoms with E-state index >= 15 is 0 Å². The first kappa shape index (κ1) is 16.5. The Hall–Kier alpha value is -1.58. The summed E-state index contributed by atoms with van der Waals surface area (Å²) in [5.41, 5.74) is 1.95. The Balaban J connectivity index is 2.68. The van der Waals surface area contributed by atoms with Crippen molar-refractivity contribution in [3.05, 3.63) is 33.9 Å². The summed E-state index contributed by atoms with van der Waals surface area (Å²) in [5.74, 6) is 0. The lowest BCUT2D eigenvalue weighted by molar-refractivity contribution is -0.384.